The number of hydrogen-bond acceptors (Lipinski definition) is 3. The third kappa shape index (κ3) is 7.28. The summed E-state index contributed by atoms with van der Waals surface area (Å²) in [5.41, 5.74) is 1.47. The molecule has 30 heavy (non-hydrogen) atoms. The van der Waals surface area contributed by atoms with E-state index in [4.69, 9.17) is 0 Å². The maximum atomic E-state index is 14.5. The van der Waals surface area contributed by atoms with E-state index in [9.17, 15) is 9.18 Å². The van der Waals surface area contributed by atoms with Gasteiger partial charge >= 0.3 is 0 Å². The normalized spacial score (nSPS) is 16.4. The first-order valence-corrected chi connectivity index (χ1v) is 10.8. The summed E-state index contributed by atoms with van der Waals surface area (Å²) in [6.07, 6.45) is 0.899. The number of nitrogens with one attached hydrogen (secondary N) is 2. The molecule has 0 bridgehead atoms. The fraction of sp³-hybridized carbons (Fsp3) is 0.636. The van der Waals surface area contributed by atoms with Crippen LogP contribution >= 0.6 is 24.0 Å². The van der Waals surface area contributed by atoms with Gasteiger partial charge in [-0.05, 0) is 44.9 Å². The van der Waals surface area contributed by atoms with E-state index in [1.807, 2.05) is 56.6 Å². The van der Waals surface area contributed by atoms with Crippen molar-refractivity contribution in [3.63, 3.8) is 0 Å². The Morgan fingerprint density at radius 1 is 1.30 bits per heavy atom. The summed E-state index contributed by atoms with van der Waals surface area (Å²) in [6, 6.07) is 5.51. The molecule has 0 spiro atoms. The van der Waals surface area contributed by atoms with Crippen molar-refractivity contribution in [2.75, 3.05) is 37.6 Å². The molecule has 1 fully saturated rings. The average Bonchev–Trinajstić information content (AvgIpc) is 3.16. The van der Waals surface area contributed by atoms with Gasteiger partial charge in [0, 0.05) is 44.7 Å². The van der Waals surface area contributed by atoms with Gasteiger partial charge in [0.2, 0.25) is 5.91 Å². The quantitative estimate of drug-likeness (QED) is 0.305. The van der Waals surface area contributed by atoms with Crippen LogP contribution < -0.4 is 15.5 Å². The van der Waals surface area contributed by atoms with Crippen LogP contribution in [0.2, 0.25) is 0 Å². The molecule has 1 saturated heterocycles. The molecule has 0 aliphatic carbocycles. The lowest BCUT2D eigenvalue weighted by atomic mass is 10.2. The van der Waals surface area contributed by atoms with Gasteiger partial charge in [-0.25, -0.2) is 9.38 Å². The number of aliphatic imine (C=N–C) groups is 1. The number of hydrogen-bond donors (Lipinski definition) is 2. The summed E-state index contributed by atoms with van der Waals surface area (Å²) < 4.78 is 14.5. The van der Waals surface area contributed by atoms with Gasteiger partial charge in [-0.15, -0.1) is 24.0 Å². The summed E-state index contributed by atoms with van der Waals surface area (Å²) >= 11 is 0. The van der Waals surface area contributed by atoms with Crippen LogP contribution in [0.5, 0.6) is 0 Å². The zero-order chi connectivity index (χ0) is 21.4. The second kappa shape index (κ2) is 13.0. The Labute approximate surface area is 197 Å². The number of carbonyl (C=O) groups excluding carboxylic acids is 1. The molecular weight excluding hydrogens is 496 g/mol. The smallest absolute Gasteiger partial charge is 0.225 e. The number of likely N-dealkylation sites (tertiary alicyclic amines) is 1. The van der Waals surface area contributed by atoms with Crippen molar-refractivity contribution in [1.82, 2.24) is 15.5 Å². The SMILES string of the molecule is CCNC(=NCc1ccc(N(CC)CC)c(F)c1)NC1CCN(C(=O)C(C)C)C1.I. The molecular formula is C22H37FIN5O. The van der Waals surface area contributed by atoms with Crippen LogP contribution in [0.1, 0.15) is 46.6 Å². The number of carbonyl (C=O) groups is 1. The Hall–Kier alpha value is -1.58. The Balaban J connectivity index is 0.00000450. The number of benzene rings is 1. The monoisotopic (exact) mass is 533 g/mol. The molecule has 1 atom stereocenters. The standard InChI is InChI=1S/C22H36FN5O.HI/c1-6-24-22(26-18-11-12-28(15-18)21(29)16(4)5)25-14-17-9-10-20(19(23)13-17)27(7-2)8-3;/h9-10,13,16,18H,6-8,11-12,14-15H2,1-5H3,(H2,24,25,26);1H. The van der Waals surface area contributed by atoms with Gasteiger partial charge in [-0.2, -0.15) is 0 Å². The Morgan fingerprint density at radius 2 is 2.00 bits per heavy atom. The third-order valence-electron chi connectivity index (χ3n) is 5.21. The van der Waals surface area contributed by atoms with Gasteiger partial charge < -0.3 is 20.4 Å². The molecule has 0 saturated carbocycles. The number of rotatable bonds is 8. The first kappa shape index (κ1) is 26.5. The molecule has 170 valence electrons. The molecule has 1 amide bonds. The van der Waals surface area contributed by atoms with Gasteiger partial charge in [-0.3, -0.25) is 4.79 Å². The zero-order valence-electron chi connectivity index (χ0n) is 18.9. The van der Waals surface area contributed by atoms with Gasteiger partial charge in [0.15, 0.2) is 5.96 Å². The van der Waals surface area contributed by atoms with Gasteiger partial charge in [-0.1, -0.05) is 19.9 Å². The predicted octanol–water partition coefficient (Wildman–Crippen LogP) is 3.60. The number of guanidine groups is 1. The first-order chi connectivity index (χ1) is 13.9. The molecule has 6 nitrogen and oxygen atoms in total. The number of halogens is 2. The van der Waals surface area contributed by atoms with E-state index < -0.39 is 0 Å². The summed E-state index contributed by atoms with van der Waals surface area (Å²) in [6.45, 7) is 14.1. The van der Waals surface area contributed by atoms with Crippen LogP contribution in [-0.4, -0.2) is 55.5 Å². The van der Waals surface area contributed by atoms with E-state index >= 15 is 0 Å². The van der Waals surface area contributed by atoms with Crippen molar-refractivity contribution in [2.45, 2.75) is 53.6 Å². The molecule has 2 N–H and O–H groups in total. The van der Waals surface area contributed by atoms with Crippen LogP contribution in [0.4, 0.5) is 10.1 Å². The Morgan fingerprint density at radius 3 is 2.57 bits per heavy atom. The lowest BCUT2D eigenvalue weighted by molar-refractivity contribution is -0.133. The van der Waals surface area contributed by atoms with Crippen molar-refractivity contribution in [3.8, 4) is 0 Å². The van der Waals surface area contributed by atoms with E-state index in [0.29, 0.717) is 24.7 Å². The maximum absolute atomic E-state index is 14.5. The molecule has 1 aromatic rings. The van der Waals surface area contributed by atoms with Crippen molar-refractivity contribution in [2.24, 2.45) is 10.9 Å². The minimum atomic E-state index is -0.210. The summed E-state index contributed by atoms with van der Waals surface area (Å²) in [5.74, 6) is 0.701. The van der Waals surface area contributed by atoms with E-state index in [1.54, 1.807) is 6.07 Å². The molecule has 1 aliphatic rings. The molecule has 8 heteroatoms. The topological polar surface area (TPSA) is 60.0 Å². The highest BCUT2D eigenvalue weighted by Gasteiger charge is 2.27. The highest BCUT2D eigenvalue weighted by molar-refractivity contribution is 14.0. The third-order valence-corrected chi connectivity index (χ3v) is 5.21. The second-order valence-electron chi connectivity index (χ2n) is 7.72. The lowest BCUT2D eigenvalue weighted by Crippen LogP contribution is -2.45. The van der Waals surface area contributed by atoms with Gasteiger partial charge in [0.05, 0.1) is 12.2 Å². The fourth-order valence-electron chi connectivity index (χ4n) is 3.60. The average molecular weight is 533 g/mol. The highest BCUT2D eigenvalue weighted by Crippen LogP contribution is 2.21. The zero-order valence-corrected chi connectivity index (χ0v) is 21.2. The van der Waals surface area contributed by atoms with Crippen LogP contribution in [-0.2, 0) is 11.3 Å². The van der Waals surface area contributed by atoms with Gasteiger partial charge in [0.1, 0.15) is 5.82 Å². The molecule has 1 unspecified atom stereocenters. The van der Waals surface area contributed by atoms with Crippen LogP contribution in [0.25, 0.3) is 0 Å². The maximum Gasteiger partial charge on any atom is 0.225 e. The summed E-state index contributed by atoms with van der Waals surface area (Å²) in [7, 11) is 0. The summed E-state index contributed by atoms with van der Waals surface area (Å²) in [4.78, 5) is 20.7. The lowest BCUT2D eigenvalue weighted by Gasteiger charge is -2.22. The number of amides is 1. The van der Waals surface area contributed by atoms with E-state index in [2.05, 4.69) is 15.6 Å². The predicted molar refractivity (Wildman–Crippen MR) is 133 cm³/mol. The number of nitrogens with zero attached hydrogens (tertiary/aromatic N) is 3. The fourth-order valence-corrected chi connectivity index (χ4v) is 3.60. The minimum Gasteiger partial charge on any atom is -0.370 e. The highest BCUT2D eigenvalue weighted by atomic mass is 127. The van der Waals surface area contributed by atoms with E-state index in [1.165, 1.54) is 0 Å². The van der Waals surface area contributed by atoms with Crippen molar-refractivity contribution < 1.29 is 9.18 Å². The van der Waals surface area contributed by atoms with Crippen LogP contribution in [0, 0.1) is 11.7 Å². The van der Waals surface area contributed by atoms with Crippen molar-refractivity contribution >= 4 is 41.5 Å². The minimum absolute atomic E-state index is 0. The van der Waals surface area contributed by atoms with Crippen molar-refractivity contribution in [3.05, 3.63) is 29.6 Å². The van der Waals surface area contributed by atoms with Crippen LogP contribution in [0.3, 0.4) is 0 Å². The van der Waals surface area contributed by atoms with Crippen LogP contribution in [0.15, 0.2) is 23.2 Å². The second-order valence-corrected chi connectivity index (χ2v) is 7.72. The molecule has 1 heterocycles. The first-order valence-electron chi connectivity index (χ1n) is 10.8. The molecule has 0 radical (unpaired) electrons. The van der Waals surface area contributed by atoms with E-state index in [-0.39, 0.29) is 47.7 Å². The Kier molecular flexibility index (Phi) is 11.4. The molecule has 1 aliphatic heterocycles. The largest absolute Gasteiger partial charge is 0.370 e. The molecule has 2 rings (SSSR count). The van der Waals surface area contributed by atoms with Crippen molar-refractivity contribution in [1.29, 1.82) is 0 Å². The molecule has 1 aromatic carbocycles. The number of anilines is 1. The van der Waals surface area contributed by atoms with E-state index in [0.717, 1.165) is 38.2 Å². The summed E-state index contributed by atoms with van der Waals surface area (Å²) in [5, 5.41) is 6.66. The molecule has 0 aromatic heterocycles. The van der Waals surface area contributed by atoms with Gasteiger partial charge in [0.25, 0.3) is 0 Å². The Bertz CT molecular complexity index is 709.